The second-order valence-corrected chi connectivity index (χ2v) is 4.17. The van der Waals surface area contributed by atoms with Gasteiger partial charge in [-0.05, 0) is 6.42 Å². The van der Waals surface area contributed by atoms with Crippen LogP contribution in [0.4, 0.5) is 5.82 Å². The first kappa shape index (κ1) is 13.0. The van der Waals surface area contributed by atoms with Crippen molar-refractivity contribution in [1.82, 2.24) is 15.3 Å². The number of morpholine rings is 1. The summed E-state index contributed by atoms with van der Waals surface area (Å²) in [7, 11) is 0. The highest BCUT2D eigenvalue weighted by Gasteiger charge is 2.13. The van der Waals surface area contributed by atoms with Gasteiger partial charge in [0.1, 0.15) is 5.82 Å². The monoisotopic (exact) mass is 252 g/mol. The van der Waals surface area contributed by atoms with E-state index in [0.29, 0.717) is 12.5 Å². The van der Waals surface area contributed by atoms with Gasteiger partial charge in [-0.25, -0.2) is 0 Å². The molecule has 1 aliphatic rings. The van der Waals surface area contributed by atoms with Gasteiger partial charge in [0.15, 0.2) is 0 Å². The Hall–Kier alpha value is -1.40. The molecule has 6 heteroatoms. The van der Waals surface area contributed by atoms with Crippen molar-refractivity contribution >= 4 is 5.82 Å². The van der Waals surface area contributed by atoms with E-state index in [1.54, 1.807) is 12.4 Å². The maximum atomic E-state index is 5.59. The third-order valence-corrected chi connectivity index (χ3v) is 2.58. The molecule has 100 valence electrons. The van der Waals surface area contributed by atoms with Crippen molar-refractivity contribution < 1.29 is 9.47 Å². The summed E-state index contributed by atoms with van der Waals surface area (Å²) in [6, 6.07) is 0. The molecular formula is C12H20N4O2. The zero-order valence-corrected chi connectivity index (χ0v) is 10.7. The lowest BCUT2D eigenvalue weighted by Crippen LogP contribution is -2.42. The summed E-state index contributed by atoms with van der Waals surface area (Å²) >= 11 is 0. The number of ether oxygens (including phenoxy) is 2. The zero-order chi connectivity index (χ0) is 12.6. The van der Waals surface area contributed by atoms with Crippen LogP contribution in [-0.4, -0.2) is 48.9 Å². The summed E-state index contributed by atoms with van der Waals surface area (Å²) < 4.78 is 11.0. The molecule has 0 amide bonds. The normalized spacial score (nSPS) is 19.5. The fourth-order valence-electron chi connectivity index (χ4n) is 1.68. The van der Waals surface area contributed by atoms with E-state index >= 15 is 0 Å². The van der Waals surface area contributed by atoms with Gasteiger partial charge in [0.25, 0.3) is 0 Å². The van der Waals surface area contributed by atoms with Crippen LogP contribution in [0.1, 0.15) is 13.3 Å². The SMILES string of the molecule is CCCOc1cncc(NCC2CNCCO2)n1. The Kier molecular flexibility index (Phi) is 5.16. The van der Waals surface area contributed by atoms with Crippen LogP contribution in [-0.2, 0) is 4.74 Å². The lowest BCUT2D eigenvalue weighted by molar-refractivity contribution is 0.0372. The molecule has 2 heterocycles. The van der Waals surface area contributed by atoms with Gasteiger partial charge in [0.2, 0.25) is 5.88 Å². The number of rotatable bonds is 6. The molecule has 1 aromatic heterocycles. The molecule has 2 N–H and O–H groups in total. The smallest absolute Gasteiger partial charge is 0.234 e. The van der Waals surface area contributed by atoms with Crippen LogP contribution in [0.3, 0.4) is 0 Å². The van der Waals surface area contributed by atoms with Gasteiger partial charge >= 0.3 is 0 Å². The van der Waals surface area contributed by atoms with Crippen LogP contribution in [0.25, 0.3) is 0 Å². The van der Waals surface area contributed by atoms with Crippen LogP contribution in [0.2, 0.25) is 0 Å². The second kappa shape index (κ2) is 7.13. The van der Waals surface area contributed by atoms with Gasteiger partial charge in [-0.15, -0.1) is 0 Å². The number of nitrogens with zero attached hydrogens (tertiary/aromatic N) is 2. The van der Waals surface area contributed by atoms with Crippen LogP contribution in [0, 0.1) is 0 Å². The molecule has 0 aliphatic carbocycles. The minimum atomic E-state index is 0.181. The molecule has 0 bridgehead atoms. The molecule has 0 spiro atoms. The van der Waals surface area contributed by atoms with Gasteiger partial charge in [-0.2, -0.15) is 4.98 Å². The maximum absolute atomic E-state index is 5.59. The lowest BCUT2D eigenvalue weighted by atomic mass is 10.3. The van der Waals surface area contributed by atoms with Gasteiger partial charge in [0.05, 0.1) is 31.7 Å². The van der Waals surface area contributed by atoms with Crippen molar-refractivity contribution in [3.05, 3.63) is 12.4 Å². The highest BCUT2D eigenvalue weighted by Crippen LogP contribution is 2.09. The zero-order valence-electron chi connectivity index (χ0n) is 10.7. The summed E-state index contributed by atoms with van der Waals surface area (Å²) in [4.78, 5) is 8.42. The van der Waals surface area contributed by atoms with Crippen molar-refractivity contribution in [2.24, 2.45) is 0 Å². The second-order valence-electron chi connectivity index (χ2n) is 4.17. The fraction of sp³-hybridized carbons (Fsp3) is 0.667. The average Bonchev–Trinajstić information content (AvgIpc) is 2.44. The highest BCUT2D eigenvalue weighted by atomic mass is 16.5. The van der Waals surface area contributed by atoms with Crippen molar-refractivity contribution in [3.63, 3.8) is 0 Å². The fourth-order valence-corrected chi connectivity index (χ4v) is 1.68. The molecule has 1 aromatic rings. The molecule has 6 nitrogen and oxygen atoms in total. The van der Waals surface area contributed by atoms with Gasteiger partial charge in [-0.3, -0.25) is 4.98 Å². The van der Waals surface area contributed by atoms with Gasteiger partial charge in [0, 0.05) is 19.6 Å². The van der Waals surface area contributed by atoms with E-state index in [4.69, 9.17) is 9.47 Å². The van der Waals surface area contributed by atoms with E-state index in [1.807, 2.05) is 0 Å². The molecule has 1 unspecified atom stereocenters. The predicted molar refractivity (Wildman–Crippen MR) is 68.9 cm³/mol. The Morgan fingerprint density at radius 3 is 3.28 bits per heavy atom. The largest absolute Gasteiger partial charge is 0.477 e. The van der Waals surface area contributed by atoms with Crippen LogP contribution in [0.15, 0.2) is 12.4 Å². The number of anilines is 1. The third kappa shape index (κ3) is 4.12. The highest BCUT2D eigenvalue weighted by molar-refractivity contribution is 5.33. The first-order valence-electron chi connectivity index (χ1n) is 6.39. The lowest BCUT2D eigenvalue weighted by Gasteiger charge is -2.23. The Balaban J connectivity index is 1.80. The molecule has 1 atom stereocenters. The summed E-state index contributed by atoms with van der Waals surface area (Å²) in [6.07, 6.45) is 4.45. The molecule has 2 rings (SSSR count). The van der Waals surface area contributed by atoms with E-state index in [9.17, 15) is 0 Å². The Morgan fingerprint density at radius 2 is 2.50 bits per heavy atom. The molecule has 1 aliphatic heterocycles. The van der Waals surface area contributed by atoms with Crippen molar-refractivity contribution in [2.45, 2.75) is 19.4 Å². The minimum Gasteiger partial charge on any atom is -0.477 e. The summed E-state index contributed by atoms with van der Waals surface area (Å²) in [5.74, 6) is 1.28. The van der Waals surface area contributed by atoms with Crippen molar-refractivity contribution in [1.29, 1.82) is 0 Å². The minimum absolute atomic E-state index is 0.181. The summed E-state index contributed by atoms with van der Waals surface area (Å²) in [5.41, 5.74) is 0. The molecule has 1 fully saturated rings. The molecule has 0 radical (unpaired) electrons. The quantitative estimate of drug-likeness (QED) is 0.775. The van der Waals surface area contributed by atoms with Crippen LogP contribution in [0.5, 0.6) is 5.88 Å². The number of nitrogens with one attached hydrogen (secondary N) is 2. The standard InChI is InChI=1S/C12H20N4O2/c1-2-4-18-12-9-14-8-11(16-12)15-7-10-6-13-3-5-17-10/h8-10,13H,2-7H2,1H3,(H,15,16). The predicted octanol–water partition coefficient (Wildman–Crippen LogP) is 0.666. The molecule has 1 saturated heterocycles. The summed E-state index contributed by atoms with van der Waals surface area (Å²) in [5, 5.41) is 6.50. The first-order valence-corrected chi connectivity index (χ1v) is 6.39. The molecular weight excluding hydrogens is 232 g/mol. The Morgan fingerprint density at radius 1 is 1.56 bits per heavy atom. The van der Waals surface area contributed by atoms with E-state index in [0.717, 1.165) is 38.5 Å². The number of hydrogen-bond acceptors (Lipinski definition) is 6. The van der Waals surface area contributed by atoms with E-state index in [1.165, 1.54) is 0 Å². The van der Waals surface area contributed by atoms with Crippen LogP contribution < -0.4 is 15.4 Å². The van der Waals surface area contributed by atoms with Gasteiger partial charge in [-0.1, -0.05) is 6.92 Å². The van der Waals surface area contributed by atoms with E-state index in [2.05, 4.69) is 27.5 Å². The van der Waals surface area contributed by atoms with Crippen molar-refractivity contribution in [3.8, 4) is 5.88 Å². The van der Waals surface area contributed by atoms with Gasteiger partial charge < -0.3 is 20.1 Å². The van der Waals surface area contributed by atoms with E-state index < -0.39 is 0 Å². The summed E-state index contributed by atoms with van der Waals surface area (Å²) in [6.45, 7) is 6.00. The molecule has 0 aromatic carbocycles. The number of aromatic nitrogens is 2. The average molecular weight is 252 g/mol. The first-order chi connectivity index (χ1) is 8.88. The Bertz CT molecular complexity index is 356. The topological polar surface area (TPSA) is 68.3 Å². The third-order valence-electron chi connectivity index (χ3n) is 2.58. The van der Waals surface area contributed by atoms with Crippen molar-refractivity contribution in [2.75, 3.05) is 38.2 Å². The molecule has 18 heavy (non-hydrogen) atoms. The maximum Gasteiger partial charge on any atom is 0.234 e. The number of hydrogen-bond donors (Lipinski definition) is 2. The van der Waals surface area contributed by atoms with Crippen LogP contribution >= 0.6 is 0 Å². The van der Waals surface area contributed by atoms with E-state index in [-0.39, 0.29) is 6.10 Å². The Labute approximate surface area is 107 Å². The molecule has 0 saturated carbocycles.